The molecular formula is C67H133N2O6P. The van der Waals surface area contributed by atoms with Gasteiger partial charge in [-0.3, -0.25) is 9.36 Å². The molecule has 0 aliphatic heterocycles. The van der Waals surface area contributed by atoms with Gasteiger partial charge in [0, 0.05) is 6.42 Å². The molecule has 9 heteroatoms. The first-order valence-electron chi connectivity index (χ1n) is 33.7. The second kappa shape index (κ2) is 58.6. The van der Waals surface area contributed by atoms with Crippen molar-refractivity contribution in [3.63, 3.8) is 0 Å². The molecule has 0 spiro atoms. The van der Waals surface area contributed by atoms with Gasteiger partial charge in [0.2, 0.25) is 5.91 Å². The van der Waals surface area contributed by atoms with Gasteiger partial charge in [0.1, 0.15) is 13.2 Å². The van der Waals surface area contributed by atoms with E-state index in [0.717, 1.165) is 38.5 Å². The molecule has 0 rings (SSSR count). The first-order chi connectivity index (χ1) is 37.0. The number of quaternary nitrogens is 1. The van der Waals surface area contributed by atoms with Crippen LogP contribution in [0.4, 0.5) is 0 Å². The molecule has 0 aromatic carbocycles. The van der Waals surface area contributed by atoms with Gasteiger partial charge in [-0.25, -0.2) is 0 Å². The van der Waals surface area contributed by atoms with Crippen molar-refractivity contribution in [3.05, 3.63) is 24.3 Å². The number of hydrogen-bond donors (Lipinski definition) is 2. The number of unbranched alkanes of at least 4 members (excludes halogenated alkanes) is 48. The Balaban J connectivity index is 4.04. The summed E-state index contributed by atoms with van der Waals surface area (Å²) in [6.07, 6.45) is 75.7. The van der Waals surface area contributed by atoms with Crippen LogP contribution in [0.1, 0.15) is 348 Å². The monoisotopic (exact) mass is 1090 g/mol. The van der Waals surface area contributed by atoms with Crippen LogP contribution in [-0.4, -0.2) is 68.5 Å². The summed E-state index contributed by atoms with van der Waals surface area (Å²) < 4.78 is 23.4. The van der Waals surface area contributed by atoms with Crippen molar-refractivity contribution in [3.8, 4) is 0 Å². The Morgan fingerprint density at radius 1 is 0.447 bits per heavy atom. The van der Waals surface area contributed by atoms with Gasteiger partial charge in [0.25, 0.3) is 7.82 Å². The van der Waals surface area contributed by atoms with E-state index in [1.807, 2.05) is 27.2 Å². The van der Waals surface area contributed by atoms with Crippen molar-refractivity contribution in [1.82, 2.24) is 5.32 Å². The van der Waals surface area contributed by atoms with Crippen LogP contribution < -0.4 is 10.2 Å². The number of likely N-dealkylation sites (N-methyl/N-ethyl adjacent to an activating group) is 1. The van der Waals surface area contributed by atoms with Crippen molar-refractivity contribution >= 4 is 13.7 Å². The first-order valence-corrected chi connectivity index (χ1v) is 35.2. The van der Waals surface area contributed by atoms with Crippen molar-refractivity contribution in [1.29, 1.82) is 0 Å². The van der Waals surface area contributed by atoms with Crippen molar-refractivity contribution in [2.24, 2.45) is 0 Å². The molecule has 0 fully saturated rings. The molecule has 0 saturated heterocycles. The van der Waals surface area contributed by atoms with Crippen LogP contribution in [0.3, 0.4) is 0 Å². The average molecular weight is 1090 g/mol. The highest BCUT2D eigenvalue weighted by Gasteiger charge is 2.23. The van der Waals surface area contributed by atoms with Crippen LogP contribution in [0.15, 0.2) is 24.3 Å². The number of carbonyl (C=O) groups is 1. The van der Waals surface area contributed by atoms with Crippen molar-refractivity contribution < 1.29 is 32.9 Å². The SMILES string of the molecule is CCCCCCCCCCCCCC/C=C\CCCCCCCCCCCCCCCCCCC(=O)NC(COP(=O)([O-])OCC[N+](C)(C)C)C(O)/C=C/CCCCCCCCCCCCCCCCCCCCCC. The summed E-state index contributed by atoms with van der Waals surface area (Å²) in [6, 6.07) is -0.885. The van der Waals surface area contributed by atoms with Gasteiger partial charge in [0.15, 0.2) is 0 Å². The third-order valence-electron chi connectivity index (χ3n) is 15.7. The quantitative estimate of drug-likeness (QED) is 0.0272. The summed E-state index contributed by atoms with van der Waals surface area (Å²) in [6.45, 7) is 4.71. The highest BCUT2D eigenvalue weighted by Crippen LogP contribution is 2.38. The lowest BCUT2D eigenvalue weighted by Gasteiger charge is -2.29. The molecule has 8 nitrogen and oxygen atoms in total. The molecule has 0 aromatic heterocycles. The Kier molecular flexibility index (Phi) is 57.8. The van der Waals surface area contributed by atoms with Gasteiger partial charge in [-0.15, -0.1) is 0 Å². The molecule has 0 bridgehead atoms. The number of phosphoric acid groups is 1. The summed E-state index contributed by atoms with van der Waals surface area (Å²) in [4.78, 5) is 25.6. The molecule has 0 radical (unpaired) electrons. The lowest BCUT2D eigenvalue weighted by atomic mass is 10.0. The summed E-state index contributed by atoms with van der Waals surface area (Å²) in [5.74, 6) is -0.190. The van der Waals surface area contributed by atoms with E-state index in [-0.39, 0.29) is 19.1 Å². The lowest BCUT2D eigenvalue weighted by Crippen LogP contribution is -2.45. The highest BCUT2D eigenvalue weighted by molar-refractivity contribution is 7.45. The number of phosphoric ester groups is 1. The zero-order valence-corrected chi connectivity index (χ0v) is 52.6. The fraction of sp³-hybridized carbons (Fsp3) is 0.925. The Morgan fingerprint density at radius 2 is 0.724 bits per heavy atom. The molecule has 452 valence electrons. The molecule has 3 atom stereocenters. The summed E-state index contributed by atoms with van der Waals surface area (Å²) in [7, 11) is 1.28. The first kappa shape index (κ1) is 75.0. The zero-order valence-electron chi connectivity index (χ0n) is 51.7. The van der Waals surface area contributed by atoms with Gasteiger partial charge in [-0.05, 0) is 44.9 Å². The molecule has 0 aromatic rings. The van der Waals surface area contributed by atoms with Crippen LogP contribution in [0.2, 0.25) is 0 Å². The van der Waals surface area contributed by atoms with Gasteiger partial charge >= 0.3 is 0 Å². The minimum absolute atomic E-state index is 0.00160. The number of carbonyl (C=O) groups excluding carboxylic acids is 1. The van der Waals surface area contributed by atoms with Crippen LogP contribution in [-0.2, 0) is 18.4 Å². The third-order valence-corrected chi connectivity index (χ3v) is 16.6. The largest absolute Gasteiger partial charge is 0.756 e. The van der Waals surface area contributed by atoms with E-state index < -0.39 is 20.0 Å². The Morgan fingerprint density at radius 3 is 1.03 bits per heavy atom. The smallest absolute Gasteiger partial charge is 0.268 e. The molecule has 0 aliphatic carbocycles. The summed E-state index contributed by atoms with van der Waals surface area (Å²) in [5.41, 5.74) is 0. The van der Waals surface area contributed by atoms with E-state index in [9.17, 15) is 19.4 Å². The molecule has 0 saturated carbocycles. The number of nitrogens with zero attached hydrogens (tertiary/aromatic N) is 1. The highest BCUT2D eigenvalue weighted by atomic mass is 31.2. The predicted octanol–water partition coefficient (Wildman–Crippen LogP) is 20.5. The maximum Gasteiger partial charge on any atom is 0.268 e. The van der Waals surface area contributed by atoms with Crippen molar-refractivity contribution in [2.75, 3.05) is 40.9 Å². The number of allylic oxidation sites excluding steroid dienone is 3. The van der Waals surface area contributed by atoms with Gasteiger partial charge in [-0.2, -0.15) is 0 Å². The van der Waals surface area contributed by atoms with Crippen LogP contribution in [0.5, 0.6) is 0 Å². The van der Waals surface area contributed by atoms with E-state index >= 15 is 0 Å². The maximum absolute atomic E-state index is 13.0. The molecule has 1 amide bonds. The third kappa shape index (κ3) is 60.6. The van der Waals surface area contributed by atoms with Crippen molar-refractivity contribution in [2.45, 2.75) is 360 Å². The van der Waals surface area contributed by atoms with E-state index in [4.69, 9.17) is 9.05 Å². The summed E-state index contributed by atoms with van der Waals surface area (Å²) in [5, 5.41) is 13.9. The molecule has 2 N–H and O–H groups in total. The van der Waals surface area contributed by atoms with E-state index in [0.29, 0.717) is 17.4 Å². The van der Waals surface area contributed by atoms with Gasteiger partial charge in [0.05, 0.1) is 39.9 Å². The average Bonchev–Trinajstić information content (AvgIpc) is 3.38. The lowest BCUT2D eigenvalue weighted by molar-refractivity contribution is -0.870. The Labute approximate surface area is 474 Å². The topological polar surface area (TPSA) is 108 Å². The second-order valence-corrected chi connectivity index (χ2v) is 25.9. The molecule has 0 heterocycles. The Hall–Kier alpha value is -1.02. The minimum atomic E-state index is -4.60. The number of rotatable bonds is 63. The molecule has 3 unspecified atom stereocenters. The number of hydrogen-bond acceptors (Lipinski definition) is 6. The maximum atomic E-state index is 13.0. The minimum Gasteiger partial charge on any atom is -0.756 e. The van der Waals surface area contributed by atoms with Gasteiger partial charge in [-0.1, -0.05) is 321 Å². The standard InChI is InChI=1S/C67H133N2O6P/c1-6-8-10-12-14-16-18-20-22-24-26-28-30-31-32-33-34-35-36-37-38-39-41-43-45-47-49-51-53-55-57-59-61-67(71)68-65(64-75-76(72,73)74-63-62-69(3,4)5)66(70)60-58-56-54-52-50-48-46-44-42-40-29-27-25-23-21-19-17-15-13-11-9-7-2/h31-32,58,60,65-66,70H,6-30,33-57,59,61-64H2,1-5H3,(H-,68,71,72,73)/b32-31-,60-58+. The predicted molar refractivity (Wildman–Crippen MR) is 330 cm³/mol. The fourth-order valence-corrected chi connectivity index (χ4v) is 11.1. The number of aliphatic hydroxyl groups is 1. The number of aliphatic hydroxyl groups excluding tert-OH is 1. The Bertz CT molecular complexity index is 1290. The molecule has 0 aliphatic rings. The molecule has 76 heavy (non-hydrogen) atoms. The molecular weight excluding hydrogens is 960 g/mol. The van der Waals surface area contributed by atoms with E-state index in [2.05, 4.69) is 31.3 Å². The van der Waals surface area contributed by atoms with Crippen LogP contribution >= 0.6 is 7.82 Å². The van der Waals surface area contributed by atoms with E-state index in [1.54, 1.807) is 6.08 Å². The summed E-state index contributed by atoms with van der Waals surface area (Å²) >= 11 is 0. The normalized spacial score (nSPS) is 13.8. The second-order valence-electron chi connectivity index (χ2n) is 24.5. The van der Waals surface area contributed by atoms with Crippen LogP contribution in [0, 0.1) is 0 Å². The zero-order chi connectivity index (χ0) is 55.6. The number of nitrogens with one attached hydrogen (secondary N) is 1. The fourth-order valence-electron chi connectivity index (χ4n) is 10.4. The van der Waals surface area contributed by atoms with Gasteiger partial charge < -0.3 is 28.8 Å². The van der Waals surface area contributed by atoms with E-state index in [1.165, 1.54) is 289 Å². The number of amides is 1. The van der Waals surface area contributed by atoms with Crippen LogP contribution in [0.25, 0.3) is 0 Å².